The normalized spacial score (nSPS) is 16.9. The number of pyridine rings is 1. The summed E-state index contributed by atoms with van der Waals surface area (Å²) in [5, 5.41) is 14.9. The van der Waals surface area contributed by atoms with Crippen molar-refractivity contribution in [2.45, 2.75) is 45.2 Å². The van der Waals surface area contributed by atoms with E-state index < -0.39 is 60.7 Å². The fourth-order valence-electron chi connectivity index (χ4n) is 5.41. The van der Waals surface area contributed by atoms with Gasteiger partial charge in [0.25, 0.3) is 11.8 Å². The molecule has 0 aliphatic carbocycles. The number of likely N-dealkylation sites (N-methyl/N-ethyl adjacent to an activating group) is 1. The Kier molecular flexibility index (Phi) is 11.3. The number of nitrogens with zero attached hydrogens (tertiary/aromatic N) is 4. The van der Waals surface area contributed by atoms with Crippen LogP contribution in [0, 0.1) is 5.82 Å². The first kappa shape index (κ1) is 33.9. The van der Waals surface area contributed by atoms with Gasteiger partial charge in [0.1, 0.15) is 29.3 Å². The fraction of sp³-hybridized carbons (Fsp3) is 0.500. The van der Waals surface area contributed by atoms with E-state index in [-0.39, 0.29) is 55.7 Å². The minimum absolute atomic E-state index is 0.0210. The van der Waals surface area contributed by atoms with Gasteiger partial charge in [0.2, 0.25) is 11.8 Å². The highest BCUT2D eigenvalue weighted by atomic mass is 19.1. The highest BCUT2D eigenvalue weighted by Gasteiger charge is 2.35. The van der Waals surface area contributed by atoms with E-state index in [0.717, 1.165) is 12.1 Å². The highest BCUT2D eigenvalue weighted by Crippen LogP contribution is 2.27. The number of carbonyl (C=O) groups excluding carboxylic acids is 5. The van der Waals surface area contributed by atoms with E-state index in [1.54, 1.807) is 13.8 Å². The van der Waals surface area contributed by atoms with Crippen LogP contribution in [0.3, 0.4) is 0 Å². The molecule has 5 amide bonds. The Morgan fingerprint density at radius 1 is 1.04 bits per heavy atom. The van der Waals surface area contributed by atoms with Gasteiger partial charge in [-0.1, -0.05) is 0 Å². The molecule has 1 aromatic carbocycles. The zero-order chi connectivity index (χ0) is 33.4. The Hall–Kier alpha value is -5.02. The minimum atomic E-state index is -1.48. The number of benzene rings is 1. The lowest BCUT2D eigenvalue weighted by Crippen LogP contribution is -2.56. The Labute approximate surface area is 264 Å². The number of aliphatic carboxylic acids is 1. The van der Waals surface area contributed by atoms with Gasteiger partial charge >= 0.3 is 12.1 Å². The van der Waals surface area contributed by atoms with E-state index in [4.69, 9.17) is 9.47 Å². The van der Waals surface area contributed by atoms with Crippen molar-refractivity contribution in [2.24, 2.45) is 0 Å². The van der Waals surface area contributed by atoms with Gasteiger partial charge in [0, 0.05) is 56.8 Å². The molecule has 2 aliphatic rings. The number of rotatable bonds is 11. The van der Waals surface area contributed by atoms with Crippen LogP contribution in [0.25, 0.3) is 10.9 Å². The molecule has 0 spiro atoms. The third-order valence-corrected chi connectivity index (χ3v) is 7.64. The van der Waals surface area contributed by atoms with Crippen molar-refractivity contribution >= 4 is 46.6 Å². The number of hydrogen-bond donors (Lipinski definition) is 3. The predicted molar refractivity (Wildman–Crippen MR) is 159 cm³/mol. The molecule has 16 heteroatoms. The molecule has 4 rings (SSSR count). The van der Waals surface area contributed by atoms with Crippen LogP contribution in [0.1, 0.15) is 43.6 Å². The lowest BCUT2D eigenvalue weighted by molar-refractivity contribution is -0.143. The van der Waals surface area contributed by atoms with Crippen LogP contribution in [-0.4, -0.2) is 125 Å². The molecule has 248 valence electrons. The largest absolute Gasteiger partial charge is 0.483 e. The summed E-state index contributed by atoms with van der Waals surface area (Å²) in [6, 6.07) is 2.71. The molecule has 0 saturated carbocycles. The van der Waals surface area contributed by atoms with E-state index >= 15 is 0 Å². The molecular formula is C30H37FN6O9. The zero-order valence-electron chi connectivity index (χ0n) is 25.6. The number of amides is 5. The molecule has 2 atom stereocenters. The Morgan fingerprint density at radius 2 is 1.76 bits per heavy atom. The molecule has 2 aromatic rings. The first-order valence-corrected chi connectivity index (χ1v) is 15.1. The number of likely N-dealkylation sites (tertiary alicyclic amines) is 1. The van der Waals surface area contributed by atoms with Crippen molar-refractivity contribution in [3.63, 3.8) is 0 Å². The van der Waals surface area contributed by atoms with E-state index in [1.807, 2.05) is 0 Å². The smallest absolute Gasteiger partial charge is 0.409 e. The molecule has 1 aromatic heterocycles. The number of carbonyl (C=O) groups is 6. The van der Waals surface area contributed by atoms with E-state index in [2.05, 4.69) is 15.6 Å². The zero-order valence-corrected chi connectivity index (χ0v) is 25.6. The van der Waals surface area contributed by atoms with Crippen molar-refractivity contribution in [3.05, 3.63) is 35.8 Å². The maximum absolute atomic E-state index is 14.2. The average molecular weight is 645 g/mol. The van der Waals surface area contributed by atoms with Crippen LogP contribution in [0.2, 0.25) is 0 Å². The van der Waals surface area contributed by atoms with Crippen LogP contribution in [0.5, 0.6) is 5.75 Å². The number of fused-ring (bicyclic) bond motifs is 1. The third kappa shape index (κ3) is 8.17. The summed E-state index contributed by atoms with van der Waals surface area (Å²) >= 11 is 0. The Balaban J connectivity index is 1.51. The van der Waals surface area contributed by atoms with Crippen molar-refractivity contribution in [3.8, 4) is 5.75 Å². The van der Waals surface area contributed by atoms with Crippen molar-refractivity contribution in [1.82, 2.24) is 30.3 Å². The van der Waals surface area contributed by atoms with E-state index in [1.165, 1.54) is 26.8 Å². The van der Waals surface area contributed by atoms with Crippen LogP contribution in [0.15, 0.2) is 24.3 Å². The van der Waals surface area contributed by atoms with Crippen LogP contribution in [-0.2, 0) is 23.9 Å². The third-order valence-electron chi connectivity index (χ3n) is 7.64. The summed E-state index contributed by atoms with van der Waals surface area (Å²) in [6.45, 7) is 4.48. The molecule has 3 N–H and O–H groups in total. The van der Waals surface area contributed by atoms with Gasteiger partial charge in [-0.15, -0.1) is 0 Å². The number of carboxylic acids is 1. The number of nitrogens with one attached hydrogen (secondary N) is 2. The molecule has 46 heavy (non-hydrogen) atoms. The number of carboxylic acid groups (broad SMARTS) is 1. The first-order chi connectivity index (χ1) is 22.0. The van der Waals surface area contributed by atoms with Crippen LogP contribution >= 0.6 is 0 Å². The number of hydrogen-bond acceptors (Lipinski definition) is 9. The summed E-state index contributed by atoms with van der Waals surface area (Å²) in [6.07, 6.45) is -0.0972. The minimum Gasteiger partial charge on any atom is -0.483 e. The lowest BCUT2D eigenvalue weighted by atomic mass is 10.1. The number of ether oxygens (including phenoxy) is 2. The summed E-state index contributed by atoms with van der Waals surface area (Å²) in [7, 11) is 0. The summed E-state index contributed by atoms with van der Waals surface area (Å²) in [5.41, 5.74) is -0.287. The molecule has 15 nitrogen and oxygen atoms in total. The molecular weight excluding hydrogens is 607 g/mol. The van der Waals surface area contributed by atoms with Gasteiger partial charge in [-0.3, -0.25) is 24.0 Å². The van der Waals surface area contributed by atoms with Crippen molar-refractivity contribution in [2.75, 3.05) is 52.5 Å². The number of piperazine rings is 1. The SMILES string of the molecule is CCNC(=O)[C@@H]1CCCN1C(=O)COc1cc(C(=O)N[C@@H](CC(=O)O)C(=O)N2CCN(C(=O)OCC)CC2)nc2cc(F)ccc12. The quantitative estimate of drug-likeness (QED) is 0.315. The molecule has 0 unspecified atom stereocenters. The Bertz CT molecular complexity index is 1500. The summed E-state index contributed by atoms with van der Waals surface area (Å²) in [5.74, 6) is -4.28. The first-order valence-electron chi connectivity index (χ1n) is 15.1. The maximum atomic E-state index is 14.2. The number of aromatic nitrogens is 1. The van der Waals surface area contributed by atoms with Crippen LogP contribution < -0.4 is 15.4 Å². The topological polar surface area (TPSA) is 188 Å². The number of halogens is 1. The van der Waals surface area contributed by atoms with Gasteiger partial charge in [-0.25, -0.2) is 14.2 Å². The van der Waals surface area contributed by atoms with Gasteiger partial charge in [0.15, 0.2) is 6.61 Å². The van der Waals surface area contributed by atoms with Crippen molar-refractivity contribution < 1.29 is 47.7 Å². The molecule has 2 aliphatic heterocycles. The highest BCUT2D eigenvalue weighted by molar-refractivity contribution is 6.00. The van der Waals surface area contributed by atoms with E-state index in [0.29, 0.717) is 31.3 Å². The summed E-state index contributed by atoms with van der Waals surface area (Å²) in [4.78, 5) is 84.1. The Morgan fingerprint density at radius 3 is 2.43 bits per heavy atom. The second-order valence-electron chi connectivity index (χ2n) is 10.7. The molecule has 2 saturated heterocycles. The van der Waals surface area contributed by atoms with Crippen molar-refractivity contribution in [1.29, 1.82) is 0 Å². The van der Waals surface area contributed by atoms with Gasteiger partial charge in [-0.2, -0.15) is 0 Å². The summed E-state index contributed by atoms with van der Waals surface area (Å²) < 4.78 is 24.9. The predicted octanol–water partition coefficient (Wildman–Crippen LogP) is 0.754. The average Bonchev–Trinajstić information content (AvgIpc) is 3.53. The second-order valence-corrected chi connectivity index (χ2v) is 10.7. The van der Waals surface area contributed by atoms with Gasteiger partial charge in [-0.05, 0) is 38.8 Å². The van der Waals surface area contributed by atoms with Gasteiger partial charge < -0.3 is 39.9 Å². The standard InChI is InChI=1S/C30H37FN6O9/c1-3-32-28(42)23-6-5-9-37(23)25(38)17-46-24-15-21(33-20-14-18(31)7-8-19(20)24)27(41)34-22(16-26(39)40)29(43)35-10-12-36(13-11-35)30(44)45-4-2/h7-8,14-15,22-23H,3-6,9-13,16-17H2,1-2H3,(H,32,42)(H,34,41)(H,39,40)/t22-,23-/m0/s1. The monoisotopic (exact) mass is 644 g/mol. The fourth-order valence-corrected chi connectivity index (χ4v) is 5.41. The molecule has 2 fully saturated rings. The van der Waals surface area contributed by atoms with Gasteiger partial charge in [0.05, 0.1) is 18.5 Å². The molecule has 0 bridgehead atoms. The molecule has 0 radical (unpaired) electrons. The van der Waals surface area contributed by atoms with E-state index in [9.17, 15) is 38.3 Å². The molecule has 3 heterocycles. The second kappa shape index (κ2) is 15.3. The maximum Gasteiger partial charge on any atom is 0.409 e. The van der Waals surface area contributed by atoms with Crippen LogP contribution in [0.4, 0.5) is 9.18 Å². The lowest BCUT2D eigenvalue weighted by Gasteiger charge is -2.35.